The number of primary amides is 1. The van der Waals surface area contributed by atoms with Crippen LogP contribution in [-0.2, 0) is 14.3 Å². The number of ether oxygens (including phenoxy) is 2. The molecule has 1 aromatic heterocycles. The summed E-state index contributed by atoms with van der Waals surface area (Å²) in [6.07, 6.45) is -0.906. The van der Waals surface area contributed by atoms with E-state index in [4.69, 9.17) is 26.8 Å². The molecule has 9 heteroatoms. The van der Waals surface area contributed by atoms with Gasteiger partial charge in [0, 0.05) is 5.02 Å². The summed E-state index contributed by atoms with van der Waals surface area (Å²) in [7, 11) is 0. The van der Waals surface area contributed by atoms with Gasteiger partial charge in [0.2, 0.25) is 0 Å². The summed E-state index contributed by atoms with van der Waals surface area (Å²) in [4.78, 5) is 34.9. The van der Waals surface area contributed by atoms with Crippen molar-refractivity contribution in [1.82, 2.24) is 0 Å². The van der Waals surface area contributed by atoms with Gasteiger partial charge in [0.25, 0.3) is 11.8 Å². The highest BCUT2D eigenvalue weighted by Crippen LogP contribution is 2.22. The van der Waals surface area contributed by atoms with E-state index in [1.807, 2.05) is 0 Å². The minimum Gasteiger partial charge on any atom is -0.479 e. The first kappa shape index (κ1) is 18.8. The van der Waals surface area contributed by atoms with Crippen molar-refractivity contribution >= 4 is 45.7 Å². The van der Waals surface area contributed by atoms with Gasteiger partial charge in [-0.25, -0.2) is 4.79 Å². The maximum Gasteiger partial charge on any atom is 0.347 e. The SMILES string of the molecule is C[C@H](Oc1ccc(Cl)cc1)C(=O)OCC(=O)Nc1sccc1C(N)=O. The first-order valence-electron chi connectivity index (χ1n) is 7.13. The molecule has 2 rings (SSSR count). The van der Waals surface area contributed by atoms with E-state index in [1.54, 1.807) is 29.6 Å². The number of carbonyl (C=O) groups excluding carboxylic acids is 3. The first-order valence-corrected chi connectivity index (χ1v) is 8.38. The number of benzene rings is 1. The second-order valence-electron chi connectivity index (χ2n) is 4.90. The second kappa shape index (κ2) is 8.50. The average Bonchev–Trinajstić information content (AvgIpc) is 3.03. The smallest absolute Gasteiger partial charge is 0.347 e. The zero-order valence-corrected chi connectivity index (χ0v) is 14.7. The van der Waals surface area contributed by atoms with Crippen molar-refractivity contribution in [2.45, 2.75) is 13.0 Å². The maximum absolute atomic E-state index is 11.9. The number of nitrogens with one attached hydrogen (secondary N) is 1. The molecule has 1 heterocycles. The predicted molar refractivity (Wildman–Crippen MR) is 94.0 cm³/mol. The molecule has 0 spiro atoms. The summed E-state index contributed by atoms with van der Waals surface area (Å²) >= 11 is 6.91. The van der Waals surface area contributed by atoms with Gasteiger partial charge in [-0.15, -0.1) is 11.3 Å². The lowest BCUT2D eigenvalue weighted by atomic mass is 10.3. The van der Waals surface area contributed by atoms with Crippen molar-refractivity contribution in [3.05, 3.63) is 46.3 Å². The highest BCUT2D eigenvalue weighted by Gasteiger charge is 2.19. The molecule has 0 saturated heterocycles. The number of halogens is 1. The third-order valence-corrected chi connectivity index (χ3v) is 4.07. The van der Waals surface area contributed by atoms with Gasteiger partial charge in [0.05, 0.1) is 5.56 Å². The average molecular weight is 383 g/mol. The van der Waals surface area contributed by atoms with Gasteiger partial charge in [0.15, 0.2) is 12.7 Å². The Balaban J connectivity index is 1.82. The summed E-state index contributed by atoms with van der Waals surface area (Å²) in [5.41, 5.74) is 5.38. The summed E-state index contributed by atoms with van der Waals surface area (Å²) in [6.45, 7) is 0.989. The molecule has 1 atom stereocenters. The Hall–Kier alpha value is -2.58. The molecule has 0 aliphatic heterocycles. The lowest BCUT2D eigenvalue weighted by Gasteiger charge is -2.14. The molecule has 0 aliphatic carbocycles. The highest BCUT2D eigenvalue weighted by atomic mass is 35.5. The van der Waals surface area contributed by atoms with E-state index in [1.165, 1.54) is 13.0 Å². The second-order valence-corrected chi connectivity index (χ2v) is 6.25. The minimum absolute atomic E-state index is 0.198. The van der Waals surface area contributed by atoms with E-state index < -0.39 is 30.5 Å². The normalized spacial score (nSPS) is 11.4. The summed E-state index contributed by atoms with van der Waals surface area (Å²) in [6, 6.07) is 7.97. The topological polar surface area (TPSA) is 108 Å². The zero-order valence-electron chi connectivity index (χ0n) is 13.2. The van der Waals surface area contributed by atoms with Crippen LogP contribution >= 0.6 is 22.9 Å². The van der Waals surface area contributed by atoms with E-state index in [2.05, 4.69) is 5.32 Å². The lowest BCUT2D eigenvalue weighted by Crippen LogP contribution is -2.30. The van der Waals surface area contributed by atoms with Crippen LogP contribution < -0.4 is 15.8 Å². The van der Waals surface area contributed by atoms with Crippen LogP contribution in [0.15, 0.2) is 35.7 Å². The van der Waals surface area contributed by atoms with Crippen molar-refractivity contribution in [3.63, 3.8) is 0 Å². The van der Waals surface area contributed by atoms with Crippen LogP contribution in [0.1, 0.15) is 17.3 Å². The van der Waals surface area contributed by atoms with Crippen LogP contribution in [0.3, 0.4) is 0 Å². The molecule has 0 saturated carbocycles. The van der Waals surface area contributed by atoms with Gasteiger partial charge in [-0.05, 0) is 42.6 Å². The van der Waals surface area contributed by atoms with Gasteiger partial charge in [-0.3, -0.25) is 9.59 Å². The molecule has 1 aromatic carbocycles. The predicted octanol–water partition coefficient (Wildman–Crippen LogP) is 2.45. The molecule has 25 heavy (non-hydrogen) atoms. The van der Waals surface area contributed by atoms with Crippen molar-refractivity contribution < 1.29 is 23.9 Å². The maximum atomic E-state index is 11.9. The zero-order chi connectivity index (χ0) is 18.4. The Bertz CT molecular complexity index is 775. The fourth-order valence-corrected chi connectivity index (χ4v) is 2.72. The van der Waals surface area contributed by atoms with E-state index in [-0.39, 0.29) is 5.56 Å². The third kappa shape index (κ3) is 5.47. The molecular formula is C16H15ClN2O5S. The number of nitrogens with two attached hydrogens (primary N) is 1. The number of thiophene rings is 1. The van der Waals surface area contributed by atoms with Crippen LogP contribution in [-0.4, -0.2) is 30.5 Å². The van der Waals surface area contributed by atoms with Gasteiger partial charge in [-0.1, -0.05) is 11.6 Å². The molecule has 2 aromatic rings. The van der Waals surface area contributed by atoms with Crippen LogP contribution in [0.4, 0.5) is 5.00 Å². The molecular weight excluding hydrogens is 368 g/mol. The number of hydrogen-bond donors (Lipinski definition) is 2. The van der Waals surface area contributed by atoms with E-state index in [9.17, 15) is 14.4 Å². The van der Waals surface area contributed by atoms with Gasteiger partial charge < -0.3 is 20.5 Å². The summed E-state index contributed by atoms with van der Waals surface area (Å²) < 4.78 is 10.3. The Morgan fingerprint density at radius 3 is 2.56 bits per heavy atom. The molecule has 132 valence electrons. The molecule has 0 radical (unpaired) electrons. The molecule has 0 fully saturated rings. The largest absolute Gasteiger partial charge is 0.479 e. The Morgan fingerprint density at radius 2 is 1.92 bits per heavy atom. The standard InChI is InChI=1S/C16H15ClN2O5S/c1-9(24-11-4-2-10(17)3-5-11)16(22)23-8-13(20)19-15-12(14(18)21)6-7-25-15/h2-7,9H,8H2,1H3,(H2,18,21)(H,19,20)/t9-/m0/s1. The molecule has 0 aliphatic rings. The van der Waals surface area contributed by atoms with E-state index in [0.29, 0.717) is 15.8 Å². The minimum atomic E-state index is -0.906. The highest BCUT2D eigenvalue weighted by molar-refractivity contribution is 7.14. The van der Waals surface area contributed by atoms with Crippen LogP contribution in [0.2, 0.25) is 5.02 Å². The number of esters is 1. The number of carbonyl (C=O) groups is 3. The van der Waals surface area contributed by atoms with Crippen molar-refractivity contribution in [2.24, 2.45) is 5.73 Å². The number of hydrogen-bond acceptors (Lipinski definition) is 6. The van der Waals surface area contributed by atoms with E-state index in [0.717, 1.165) is 11.3 Å². The van der Waals surface area contributed by atoms with Crippen LogP contribution in [0.5, 0.6) is 5.75 Å². The van der Waals surface area contributed by atoms with Gasteiger partial charge in [0.1, 0.15) is 10.8 Å². The molecule has 7 nitrogen and oxygen atoms in total. The summed E-state index contributed by atoms with van der Waals surface area (Å²) in [5, 5.41) is 4.93. The monoisotopic (exact) mass is 382 g/mol. The molecule has 2 amide bonds. The van der Waals surface area contributed by atoms with Crippen molar-refractivity contribution in [1.29, 1.82) is 0 Å². The Labute approximate surface area is 152 Å². The molecule has 0 unspecified atom stereocenters. The number of rotatable bonds is 7. The third-order valence-electron chi connectivity index (χ3n) is 2.99. The van der Waals surface area contributed by atoms with Crippen molar-refractivity contribution in [3.8, 4) is 5.75 Å². The van der Waals surface area contributed by atoms with Crippen LogP contribution in [0.25, 0.3) is 0 Å². The fraction of sp³-hybridized carbons (Fsp3) is 0.188. The fourth-order valence-electron chi connectivity index (χ4n) is 1.78. The van der Waals surface area contributed by atoms with Crippen molar-refractivity contribution in [2.75, 3.05) is 11.9 Å². The number of amides is 2. The molecule has 0 bridgehead atoms. The van der Waals surface area contributed by atoms with Gasteiger partial charge in [-0.2, -0.15) is 0 Å². The Kier molecular flexibility index (Phi) is 6.37. The Morgan fingerprint density at radius 1 is 1.24 bits per heavy atom. The molecule has 3 N–H and O–H groups in total. The van der Waals surface area contributed by atoms with E-state index >= 15 is 0 Å². The number of anilines is 1. The lowest BCUT2D eigenvalue weighted by molar-refractivity contribution is -0.153. The summed E-state index contributed by atoms with van der Waals surface area (Å²) in [5.74, 6) is -1.50. The van der Waals surface area contributed by atoms with Gasteiger partial charge >= 0.3 is 5.97 Å². The quantitative estimate of drug-likeness (QED) is 0.715. The first-order chi connectivity index (χ1) is 11.9. The van der Waals surface area contributed by atoms with Crippen LogP contribution in [0, 0.1) is 0 Å².